The monoisotopic (exact) mass is 458 g/mol. The van der Waals surface area contributed by atoms with Crippen molar-refractivity contribution in [3.63, 3.8) is 0 Å². The number of hydrogen-bond acceptors (Lipinski definition) is 5. The summed E-state index contributed by atoms with van der Waals surface area (Å²) in [6.45, 7) is 4.47. The standard InChI is InChI=1S/C26H26N4O2S/c1-18-13-15-21(16-14-18)27-25(31)19(2)33-26-29-28-24(22-11-7-8-12-23(22)32-3)30(26)17-20-9-5-4-6-10-20/h4-16,19H,17H2,1-3H3,(H,27,31). The van der Waals surface area contributed by atoms with E-state index in [1.165, 1.54) is 11.8 Å². The number of carbonyl (C=O) groups is 1. The normalized spacial score (nSPS) is 11.7. The molecule has 0 aliphatic heterocycles. The van der Waals surface area contributed by atoms with Crippen LogP contribution in [0.4, 0.5) is 5.69 Å². The molecule has 1 amide bonds. The highest BCUT2D eigenvalue weighted by molar-refractivity contribution is 8.00. The first-order chi connectivity index (χ1) is 16.0. The van der Waals surface area contributed by atoms with Gasteiger partial charge in [0.25, 0.3) is 0 Å². The molecule has 0 spiro atoms. The smallest absolute Gasteiger partial charge is 0.237 e. The van der Waals surface area contributed by atoms with Crippen LogP contribution in [0, 0.1) is 6.92 Å². The third-order valence-corrected chi connectivity index (χ3v) is 6.30. The summed E-state index contributed by atoms with van der Waals surface area (Å²) in [4.78, 5) is 12.8. The molecule has 0 bridgehead atoms. The van der Waals surface area contributed by atoms with Crippen molar-refractivity contribution < 1.29 is 9.53 Å². The minimum absolute atomic E-state index is 0.0862. The van der Waals surface area contributed by atoms with E-state index in [2.05, 4.69) is 27.6 Å². The Bertz CT molecular complexity index is 1220. The van der Waals surface area contributed by atoms with Crippen LogP contribution in [0.1, 0.15) is 18.1 Å². The van der Waals surface area contributed by atoms with E-state index < -0.39 is 0 Å². The van der Waals surface area contributed by atoms with E-state index in [0.717, 1.165) is 28.1 Å². The van der Waals surface area contributed by atoms with Crippen LogP contribution in [-0.2, 0) is 11.3 Å². The lowest BCUT2D eigenvalue weighted by molar-refractivity contribution is -0.115. The van der Waals surface area contributed by atoms with Gasteiger partial charge in [0, 0.05) is 5.69 Å². The number of amides is 1. The summed E-state index contributed by atoms with van der Waals surface area (Å²) in [7, 11) is 1.64. The van der Waals surface area contributed by atoms with E-state index in [0.29, 0.717) is 17.5 Å². The second kappa shape index (κ2) is 10.4. The quantitative estimate of drug-likeness (QED) is 0.357. The van der Waals surface area contributed by atoms with Gasteiger partial charge in [-0.15, -0.1) is 10.2 Å². The number of rotatable bonds is 8. The van der Waals surface area contributed by atoms with Crippen LogP contribution in [0.3, 0.4) is 0 Å². The number of benzene rings is 3. The van der Waals surface area contributed by atoms with Crippen LogP contribution in [0.25, 0.3) is 11.4 Å². The molecule has 33 heavy (non-hydrogen) atoms. The zero-order valence-electron chi connectivity index (χ0n) is 18.9. The van der Waals surface area contributed by atoms with Crippen molar-refractivity contribution in [2.24, 2.45) is 0 Å². The highest BCUT2D eigenvalue weighted by Crippen LogP contribution is 2.32. The number of aryl methyl sites for hydroxylation is 1. The zero-order chi connectivity index (χ0) is 23.2. The van der Waals surface area contributed by atoms with Crippen LogP contribution in [0.2, 0.25) is 0 Å². The second-order valence-corrected chi connectivity index (χ2v) is 9.00. The van der Waals surface area contributed by atoms with Crippen LogP contribution in [0.15, 0.2) is 84.0 Å². The van der Waals surface area contributed by atoms with Crippen molar-refractivity contribution in [1.29, 1.82) is 0 Å². The number of para-hydroxylation sites is 1. The molecule has 0 aliphatic rings. The molecule has 4 rings (SSSR count). The number of aromatic nitrogens is 3. The predicted molar refractivity (Wildman–Crippen MR) is 133 cm³/mol. The maximum Gasteiger partial charge on any atom is 0.237 e. The molecule has 1 atom stereocenters. The first-order valence-corrected chi connectivity index (χ1v) is 11.6. The average molecular weight is 459 g/mol. The number of thioether (sulfide) groups is 1. The third-order valence-electron chi connectivity index (χ3n) is 5.22. The van der Waals surface area contributed by atoms with Crippen LogP contribution >= 0.6 is 11.8 Å². The molecular formula is C26H26N4O2S. The third kappa shape index (κ3) is 5.43. The molecule has 168 valence electrons. The van der Waals surface area contributed by atoms with Crippen LogP contribution in [0.5, 0.6) is 5.75 Å². The highest BCUT2D eigenvalue weighted by atomic mass is 32.2. The molecule has 0 saturated heterocycles. The van der Waals surface area contributed by atoms with Gasteiger partial charge in [0.2, 0.25) is 5.91 Å². The molecule has 0 fully saturated rings. The Labute approximate surface area is 198 Å². The summed E-state index contributed by atoms with van der Waals surface area (Å²) in [6.07, 6.45) is 0. The van der Waals surface area contributed by atoms with E-state index in [-0.39, 0.29) is 11.2 Å². The lowest BCUT2D eigenvalue weighted by atomic mass is 10.1. The number of nitrogens with one attached hydrogen (secondary N) is 1. The summed E-state index contributed by atoms with van der Waals surface area (Å²) in [5.41, 5.74) is 3.89. The summed E-state index contributed by atoms with van der Waals surface area (Å²) >= 11 is 1.39. The molecule has 0 saturated carbocycles. The number of ether oxygens (including phenoxy) is 1. The van der Waals surface area contributed by atoms with E-state index in [1.807, 2.05) is 85.1 Å². The Kier molecular flexibility index (Phi) is 7.10. The largest absolute Gasteiger partial charge is 0.496 e. The van der Waals surface area contributed by atoms with Crippen LogP contribution < -0.4 is 10.1 Å². The fourth-order valence-electron chi connectivity index (χ4n) is 3.41. The second-order valence-electron chi connectivity index (χ2n) is 7.69. The van der Waals surface area contributed by atoms with Gasteiger partial charge in [-0.2, -0.15) is 0 Å². The van der Waals surface area contributed by atoms with E-state index >= 15 is 0 Å². The fourth-order valence-corrected chi connectivity index (χ4v) is 4.25. The Morgan fingerprint density at radius 3 is 2.42 bits per heavy atom. The van der Waals surface area contributed by atoms with Gasteiger partial charge in [-0.1, -0.05) is 71.9 Å². The van der Waals surface area contributed by atoms with E-state index in [1.54, 1.807) is 7.11 Å². The van der Waals surface area contributed by atoms with Gasteiger partial charge in [0.15, 0.2) is 11.0 Å². The number of nitrogens with zero attached hydrogens (tertiary/aromatic N) is 3. The summed E-state index contributed by atoms with van der Waals surface area (Å²) < 4.78 is 7.59. The molecule has 1 heterocycles. The molecular weight excluding hydrogens is 432 g/mol. The number of anilines is 1. The molecule has 1 unspecified atom stereocenters. The molecule has 3 aromatic carbocycles. The summed E-state index contributed by atoms with van der Waals surface area (Å²) in [6, 6.07) is 25.6. The van der Waals surface area contributed by atoms with Gasteiger partial charge in [0.05, 0.1) is 24.5 Å². The molecule has 0 aliphatic carbocycles. The van der Waals surface area contributed by atoms with Crippen molar-refractivity contribution in [3.8, 4) is 17.1 Å². The Morgan fingerprint density at radius 2 is 1.70 bits per heavy atom. The number of hydrogen-bond donors (Lipinski definition) is 1. The lowest BCUT2D eigenvalue weighted by Crippen LogP contribution is -2.23. The summed E-state index contributed by atoms with van der Waals surface area (Å²) in [5, 5.41) is 12.2. The lowest BCUT2D eigenvalue weighted by Gasteiger charge is -2.15. The van der Waals surface area contributed by atoms with Gasteiger partial charge in [-0.05, 0) is 43.7 Å². The zero-order valence-corrected chi connectivity index (χ0v) is 19.7. The predicted octanol–water partition coefficient (Wildman–Crippen LogP) is 5.43. The molecule has 1 aromatic heterocycles. The maximum atomic E-state index is 12.8. The minimum Gasteiger partial charge on any atom is -0.496 e. The molecule has 4 aromatic rings. The van der Waals surface area contributed by atoms with Gasteiger partial charge in [-0.3, -0.25) is 9.36 Å². The van der Waals surface area contributed by atoms with E-state index in [9.17, 15) is 4.79 Å². The van der Waals surface area contributed by atoms with Crippen molar-refractivity contribution in [1.82, 2.24) is 14.8 Å². The minimum atomic E-state index is -0.365. The van der Waals surface area contributed by atoms with Crippen molar-refractivity contribution >= 4 is 23.4 Å². The van der Waals surface area contributed by atoms with Crippen LogP contribution in [-0.4, -0.2) is 33.0 Å². The Balaban J connectivity index is 1.62. The van der Waals surface area contributed by atoms with Gasteiger partial charge >= 0.3 is 0 Å². The SMILES string of the molecule is COc1ccccc1-c1nnc(SC(C)C(=O)Nc2ccc(C)cc2)n1Cc1ccccc1. The Morgan fingerprint density at radius 1 is 1.00 bits per heavy atom. The average Bonchev–Trinajstić information content (AvgIpc) is 3.22. The highest BCUT2D eigenvalue weighted by Gasteiger charge is 2.22. The van der Waals surface area contributed by atoms with Crippen molar-refractivity contribution in [3.05, 3.63) is 90.0 Å². The molecule has 7 heteroatoms. The van der Waals surface area contributed by atoms with Crippen molar-refractivity contribution in [2.45, 2.75) is 30.8 Å². The molecule has 0 radical (unpaired) electrons. The molecule has 6 nitrogen and oxygen atoms in total. The van der Waals surface area contributed by atoms with Gasteiger partial charge in [0.1, 0.15) is 5.75 Å². The Hall–Kier alpha value is -3.58. The fraction of sp³-hybridized carbons (Fsp3) is 0.192. The first-order valence-electron chi connectivity index (χ1n) is 10.7. The number of methoxy groups -OCH3 is 1. The first kappa shape index (κ1) is 22.6. The van der Waals surface area contributed by atoms with Gasteiger partial charge < -0.3 is 10.1 Å². The van der Waals surface area contributed by atoms with E-state index in [4.69, 9.17) is 4.74 Å². The molecule has 1 N–H and O–H groups in total. The van der Waals surface area contributed by atoms with Crippen molar-refractivity contribution in [2.75, 3.05) is 12.4 Å². The maximum absolute atomic E-state index is 12.8. The topological polar surface area (TPSA) is 69.0 Å². The number of carbonyl (C=O) groups excluding carboxylic acids is 1. The van der Waals surface area contributed by atoms with Gasteiger partial charge in [-0.25, -0.2) is 0 Å². The summed E-state index contributed by atoms with van der Waals surface area (Å²) in [5.74, 6) is 1.34.